The summed E-state index contributed by atoms with van der Waals surface area (Å²) in [6.45, 7) is 4.81. The molecular weight excluding hydrogens is 382 g/mol. The summed E-state index contributed by atoms with van der Waals surface area (Å²) in [5, 5.41) is 11.8. The van der Waals surface area contributed by atoms with Gasteiger partial charge in [-0.1, -0.05) is 56.5 Å². The maximum absolute atomic E-state index is 13.2. The number of likely N-dealkylation sites (tertiary alicyclic amines) is 1. The van der Waals surface area contributed by atoms with Crippen LogP contribution in [0.3, 0.4) is 0 Å². The van der Waals surface area contributed by atoms with E-state index >= 15 is 0 Å². The maximum Gasteiger partial charge on any atom is 0.245 e. The molecule has 1 aromatic rings. The number of benzene rings is 1. The van der Waals surface area contributed by atoms with Gasteiger partial charge in [-0.15, -0.1) is 0 Å². The van der Waals surface area contributed by atoms with Gasteiger partial charge in [-0.05, 0) is 31.7 Å². The van der Waals surface area contributed by atoms with Crippen LogP contribution in [0.2, 0.25) is 0 Å². The highest BCUT2D eigenvalue weighted by Crippen LogP contribution is 2.20. The van der Waals surface area contributed by atoms with Crippen LogP contribution in [0.5, 0.6) is 0 Å². The molecule has 1 aliphatic rings. The van der Waals surface area contributed by atoms with Gasteiger partial charge in [0.05, 0.1) is 0 Å². The minimum atomic E-state index is -0.675. The number of hydrogen-bond acceptors (Lipinski definition) is 4. The highest BCUT2D eigenvalue weighted by Gasteiger charge is 2.33. The smallest absolute Gasteiger partial charge is 0.245 e. The molecule has 1 heterocycles. The van der Waals surface area contributed by atoms with Crippen LogP contribution in [-0.4, -0.2) is 46.5 Å². The number of carbonyl (C=O) groups is 3. The van der Waals surface area contributed by atoms with Gasteiger partial charge in [-0.25, -0.2) is 5.48 Å². The Morgan fingerprint density at radius 1 is 1.20 bits per heavy atom. The molecule has 1 aromatic carbocycles. The molecule has 0 bridgehead atoms. The molecule has 3 amide bonds. The summed E-state index contributed by atoms with van der Waals surface area (Å²) in [4.78, 5) is 39.8. The fraction of sp³-hybridized carbons (Fsp3) is 0.609. The summed E-state index contributed by atoms with van der Waals surface area (Å²) < 4.78 is 0. The lowest BCUT2D eigenvalue weighted by molar-refractivity contribution is -0.139. The first kappa shape index (κ1) is 23.9. The molecule has 1 fully saturated rings. The van der Waals surface area contributed by atoms with E-state index in [0.29, 0.717) is 19.4 Å². The van der Waals surface area contributed by atoms with Gasteiger partial charge in [0, 0.05) is 31.3 Å². The van der Waals surface area contributed by atoms with Crippen molar-refractivity contribution in [2.24, 2.45) is 5.92 Å². The second kappa shape index (κ2) is 12.3. The van der Waals surface area contributed by atoms with Crippen LogP contribution in [-0.2, 0) is 20.8 Å². The molecule has 0 aromatic heterocycles. The number of nitrogens with one attached hydrogen (secondary N) is 2. The Hall–Kier alpha value is -2.41. The van der Waals surface area contributed by atoms with Gasteiger partial charge in [-0.2, -0.15) is 0 Å². The van der Waals surface area contributed by atoms with Crippen molar-refractivity contribution in [1.29, 1.82) is 0 Å². The first-order valence-corrected chi connectivity index (χ1v) is 11.0. The van der Waals surface area contributed by atoms with E-state index in [1.165, 1.54) is 0 Å². The molecule has 3 atom stereocenters. The van der Waals surface area contributed by atoms with Crippen LogP contribution in [0.25, 0.3) is 0 Å². The minimum absolute atomic E-state index is 0.0730. The van der Waals surface area contributed by atoms with Crippen LogP contribution >= 0.6 is 0 Å². The van der Waals surface area contributed by atoms with Crippen molar-refractivity contribution in [2.45, 2.75) is 77.3 Å². The van der Waals surface area contributed by atoms with Gasteiger partial charge in [0.15, 0.2) is 0 Å². The molecule has 0 saturated carbocycles. The van der Waals surface area contributed by atoms with Crippen molar-refractivity contribution >= 4 is 17.7 Å². The van der Waals surface area contributed by atoms with E-state index in [4.69, 9.17) is 5.21 Å². The Bertz CT molecular complexity index is 695. The molecule has 0 spiro atoms. The van der Waals surface area contributed by atoms with Gasteiger partial charge < -0.3 is 10.2 Å². The van der Waals surface area contributed by atoms with E-state index in [1.54, 1.807) is 5.48 Å². The van der Waals surface area contributed by atoms with E-state index in [-0.39, 0.29) is 24.3 Å². The predicted octanol–water partition coefficient (Wildman–Crippen LogP) is 2.82. The third-order valence-electron chi connectivity index (χ3n) is 5.82. The summed E-state index contributed by atoms with van der Waals surface area (Å²) in [6.07, 6.45) is 5.56. The molecule has 0 radical (unpaired) electrons. The number of hydroxylamine groups is 1. The first-order valence-electron chi connectivity index (χ1n) is 11.0. The minimum Gasteiger partial charge on any atom is -0.344 e. The van der Waals surface area contributed by atoms with Gasteiger partial charge in [-0.3, -0.25) is 19.6 Å². The lowest BCUT2D eigenvalue weighted by Crippen LogP contribution is -2.52. The maximum atomic E-state index is 13.2. The molecule has 7 heteroatoms. The lowest BCUT2D eigenvalue weighted by atomic mass is 9.95. The van der Waals surface area contributed by atoms with Crippen LogP contribution in [0.4, 0.5) is 0 Å². The highest BCUT2D eigenvalue weighted by molar-refractivity contribution is 5.91. The highest BCUT2D eigenvalue weighted by atomic mass is 16.5. The normalized spacial score (nSPS) is 18.0. The molecule has 0 aliphatic carbocycles. The molecule has 7 nitrogen and oxygen atoms in total. The Morgan fingerprint density at radius 2 is 1.93 bits per heavy atom. The van der Waals surface area contributed by atoms with Crippen LogP contribution in [0.15, 0.2) is 30.3 Å². The SMILES string of the molecule is CCCCC[C@@H](CC(=O)NO)C(=O)N[C@@H](Cc1ccccc1)C(=O)N1CCC[C@H]1C. The molecule has 166 valence electrons. The number of nitrogens with zero attached hydrogens (tertiary/aromatic N) is 1. The van der Waals surface area contributed by atoms with Crippen LogP contribution in [0.1, 0.15) is 64.4 Å². The number of amides is 3. The van der Waals surface area contributed by atoms with E-state index in [2.05, 4.69) is 12.2 Å². The molecule has 1 aliphatic heterocycles. The van der Waals surface area contributed by atoms with Crippen molar-refractivity contribution < 1.29 is 19.6 Å². The molecule has 0 unspecified atom stereocenters. The number of unbranched alkanes of at least 4 members (excludes halogenated alkanes) is 2. The standard InChI is InChI=1S/C23H35N3O4/c1-3-4-6-13-19(16-21(27)25-30)22(28)24-20(15-18-11-7-5-8-12-18)23(29)26-14-9-10-17(26)2/h5,7-8,11-12,17,19-20,30H,3-4,6,9-10,13-16H2,1-2H3,(H,24,28)(H,25,27)/t17-,19+,20+/m1/s1. The quantitative estimate of drug-likeness (QED) is 0.293. The lowest BCUT2D eigenvalue weighted by Gasteiger charge is -2.29. The Morgan fingerprint density at radius 3 is 2.53 bits per heavy atom. The Kier molecular flexibility index (Phi) is 9.80. The zero-order chi connectivity index (χ0) is 21.9. The van der Waals surface area contributed by atoms with E-state index < -0.39 is 17.9 Å². The Balaban J connectivity index is 2.15. The average Bonchev–Trinajstić information content (AvgIpc) is 3.18. The van der Waals surface area contributed by atoms with E-state index in [1.807, 2.05) is 42.2 Å². The predicted molar refractivity (Wildman–Crippen MR) is 115 cm³/mol. The van der Waals surface area contributed by atoms with Crippen molar-refractivity contribution in [1.82, 2.24) is 15.7 Å². The molecule has 3 N–H and O–H groups in total. The van der Waals surface area contributed by atoms with Crippen molar-refractivity contribution in [3.63, 3.8) is 0 Å². The third kappa shape index (κ3) is 7.13. The topological polar surface area (TPSA) is 98.7 Å². The fourth-order valence-corrected chi connectivity index (χ4v) is 4.04. The van der Waals surface area contributed by atoms with Crippen molar-refractivity contribution in [3.05, 3.63) is 35.9 Å². The zero-order valence-corrected chi connectivity index (χ0v) is 18.1. The summed E-state index contributed by atoms with van der Waals surface area (Å²) >= 11 is 0. The summed E-state index contributed by atoms with van der Waals surface area (Å²) in [7, 11) is 0. The van der Waals surface area contributed by atoms with Gasteiger partial charge >= 0.3 is 0 Å². The monoisotopic (exact) mass is 417 g/mol. The van der Waals surface area contributed by atoms with Crippen molar-refractivity contribution in [3.8, 4) is 0 Å². The van der Waals surface area contributed by atoms with E-state index in [9.17, 15) is 14.4 Å². The number of rotatable bonds is 11. The second-order valence-corrected chi connectivity index (χ2v) is 8.21. The molecular formula is C23H35N3O4. The van der Waals surface area contributed by atoms with Gasteiger partial charge in [0.2, 0.25) is 17.7 Å². The average molecular weight is 418 g/mol. The van der Waals surface area contributed by atoms with Gasteiger partial charge in [0.1, 0.15) is 6.04 Å². The van der Waals surface area contributed by atoms with Crippen LogP contribution in [0, 0.1) is 5.92 Å². The number of carbonyl (C=O) groups excluding carboxylic acids is 3. The molecule has 2 rings (SSSR count). The van der Waals surface area contributed by atoms with Gasteiger partial charge in [0.25, 0.3) is 0 Å². The largest absolute Gasteiger partial charge is 0.344 e. The number of hydrogen-bond donors (Lipinski definition) is 3. The fourth-order valence-electron chi connectivity index (χ4n) is 4.04. The zero-order valence-electron chi connectivity index (χ0n) is 18.1. The van der Waals surface area contributed by atoms with Crippen molar-refractivity contribution in [2.75, 3.05) is 6.54 Å². The second-order valence-electron chi connectivity index (χ2n) is 8.21. The van der Waals surface area contributed by atoms with E-state index in [0.717, 1.165) is 37.7 Å². The molecule has 1 saturated heterocycles. The first-order chi connectivity index (χ1) is 14.5. The summed E-state index contributed by atoms with van der Waals surface area (Å²) in [6, 6.07) is 9.11. The summed E-state index contributed by atoms with van der Waals surface area (Å²) in [5.41, 5.74) is 2.58. The third-order valence-corrected chi connectivity index (χ3v) is 5.82. The Labute approximate surface area is 179 Å². The molecule has 30 heavy (non-hydrogen) atoms. The summed E-state index contributed by atoms with van der Waals surface area (Å²) in [5.74, 6) is -1.55. The van der Waals surface area contributed by atoms with Crippen LogP contribution < -0.4 is 10.8 Å².